The van der Waals surface area contributed by atoms with Crippen molar-refractivity contribution in [2.24, 2.45) is 11.3 Å². The molecule has 0 aromatic carbocycles. The third kappa shape index (κ3) is 3.31. The Labute approximate surface area is 106 Å². The number of Topliss-reactive ketones (excluding diaryl/α,β-unsaturated/α-hetero) is 1. The maximum absolute atomic E-state index is 11.9. The lowest BCUT2D eigenvalue weighted by Gasteiger charge is -2.31. The topological polar surface area (TPSA) is 20.3 Å². The fourth-order valence-electron chi connectivity index (χ4n) is 3.31. The van der Waals surface area contributed by atoms with Crippen molar-refractivity contribution in [3.8, 4) is 0 Å². The largest absolute Gasteiger partial charge is 0.300 e. The summed E-state index contributed by atoms with van der Waals surface area (Å²) < 4.78 is 0. The van der Waals surface area contributed by atoms with Crippen LogP contribution in [0.5, 0.6) is 0 Å². The van der Waals surface area contributed by atoms with Gasteiger partial charge < -0.3 is 0 Å². The maximum atomic E-state index is 11.9. The molecule has 2 heteroatoms. The number of likely N-dealkylation sites (tertiary alicyclic amines) is 1. The van der Waals surface area contributed by atoms with Crippen molar-refractivity contribution in [1.82, 2.24) is 4.90 Å². The molecule has 1 saturated heterocycles. The fraction of sp³-hybridized carbons (Fsp3) is 0.933. The second-order valence-corrected chi connectivity index (χ2v) is 7.02. The molecule has 0 N–H and O–H groups in total. The maximum Gasteiger partial charge on any atom is 0.137 e. The zero-order valence-electron chi connectivity index (χ0n) is 11.7. The predicted molar refractivity (Wildman–Crippen MR) is 71.0 cm³/mol. The van der Waals surface area contributed by atoms with Crippen molar-refractivity contribution in [3.05, 3.63) is 0 Å². The average Bonchev–Trinajstić information content (AvgIpc) is 2.81. The van der Waals surface area contributed by atoms with E-state index >= 15 is 0 Å². The van der Waals surface area contributed by atoms with E-state index in [1.54, 1.807) is 0 Å². The Morgan fingerprint density at radius 3 is 2.59 bits per heavy atom. The van der Waals surface area contributed by atoms with Gasteiger partial charge in [-0.3, -0.25) is 9.69 Å². The lowest BCUT2D eigenvalue weighted by Crippen LogP contribution is -2.38. The molecule has 1 heterocycles. The van der Waals surface area contributed by atoms with Crippen LogP contribution in [0.3, 0.4) is 0 Å². The third-order valence-corrected chi connectivity index (χ3v) is 4.38. The predicted octanol–water partition coefficient (Wildman–Crippen LogP) is 3.26. The molecule has 1 saturated carbocycles. The van der Waals surface area contributed by atoms with Crippen LogP contribution in [0.25, 0.3) is 0 Å². The quantitative estimate of drug-likeness (QED) is 0.751. The third-order valence-electron chi connectivity index (χ3n) is 4.38. The van der Waals surface area contributed by atoms with Crippen LogP contribution < -0.4 is 0 Å². The molecule has 2 nitrogen and oxygen atoms in total. The van der Waals surface area contributed by atoms with E-state index in [-0.39, 0.29) is 0 Å². The summed E-state index contributed by atoms with van der Waals surface area (Å²) >= 11 is 0. The van der Waals surface area contributed by atoms with Gasteiger partial charge in [0.15, 0.2) is 0 Å². The summed E-state index contributed by atoms with van der Waals surface area (Å²) in [4.78, 5) is 14.5. The van der Waals surface area contributed by atoms with Crippen LogP contribution in [0.2, 0.25) is 0 Å². The highest BCUT2D eigenvalue weighted by atomic mass is 16.1. The van der Waals surface area contributed by atoms with Gasteiger partial charge in [0.05, 0.1) is 0 Å². The van der Waals surface area contributed by atoms with Gasteiger partial charge in [-0.2, -0.15) is 0 Å². The number of hydrogen-bond donors (Lipinski definition) is 0. The molecular formula is C15H27NO. The van der Waals surface area contributed by atoms with Crippen molar-refractivity contribution < 1.29 is 4.79 Å². The zero-order chi connectivity index (χ0) is 12.5. The van der Waals surface area contributed by atoms with E-state index in [0.717, 1.165) is 19.3 Å². The number of carbonyl (C=O) groups excluding carboxylic acids is 1. The lowest BCUT2D eigenvalue weighted by atomic mass is 9.90. The van der Waals surface area contributed by atoms with Gasteiger partial charge >= 0.3 is 0 Å². The van der Waals surface area contributed by atoms with Crippen LogP contribution >= 0.6 is 0 Å². The van der Waals surface area contributed by atoms with Crippen molar-refractivity contribution >= 4 is 5.78 Å². The minimum Gasteiger partial charge on any atom is -0.300 e. The Hall–Kier alpha value is -0.370. The summed E-state index contributed by atoms with van der Waals surface area (Å²) in [7, 11) is 0. The lowest BCUT2D eigenvalue weighted by molar-refractivity contribution is -0.122. The van der Waals surface area contributed by atoms with Gasteiger partial charge in [0.2, 0.25) is 0 Å². The SMILES string of the molecule is CC(C)(C)CCN1CCCC1C1CCCC1=O. The second kappa shape index (κ2) is 5.09. The monoisotopic (exact) mass is 237 g/mol. The van der Waals surface area contributed by atoms with Crippen LogP contribution in [-0.4, -0.2) is 29.8 Å². The molecule has 0 aromatic rings. The fourth-order valence-corrected chi connectivity index (χ4v) is 3.31. The summed E-state index contributed by atoms with van der Waals surface area (Å²) in [5.41, 5.74) is 0.410. The minimum atomic E-state index is 0.373. The molecule has 0 bridgehead atoms. The van der Waals surface area contributed by atoms with E-state index in [0.29, 0.717) is 23.2 Å². The zero-order valence-corrected chi connectivity index (χ0v) is 11.7. The summed E-state index contributed by atoms with van der Waals surface area (Å²) in [5, 5.41) is 0. The van der Waals surface area contributed by atoms with Gasteiger partial charge in [0.25, 0.3) is 0 Å². The second-order valence-electron chi connectivity index (χ2n) is 7.02. The van der Waals surface area contributed by atoms with E-state index in [2.05, 4.69) is 25.7 Å². The van der Waals surface area contributed by atoms with Gasteiger partial charge in [-0.25, -0.2) is 0 Å². The van der Waals surface area contributed by atoms with E-state index in [9.17, 15) is 4.79 Å². The van der Waals surface area contributed by atoms with Gasteiger partial charge in [0.1, 0.15) is 5.78 Å². The molecule has 2 atom stereocenters. The minimum absolute atomic E-state index is 0.373. The highest BCUT2D eigenvalue weighted by Crippen LogP contribution is 2.34. The van der Waals surface area contributed by atoms with Gasteiger partial charge in [-0.1, -0.05) is 20.8 Å². The molecule has 1 aliphatic heterocycles. The van der Waals surface area contributed by atoms with E-state index in [4.69, 9.17) is 0 Å². The number of carbonyl (C=O) groups is 1. The summed E-state index contributed by atoms with van der Waals surface area (Å²) in [6, 6.07) is 0.576. The van der Waals surface area contributed by atoms with Crippen LogP contribution in [0.4, 0.5) is 0 Å². The molecule has 17 heavy (non-hydrogen) atoms. The van der Waals surface area contributed by atoms with Crippen molar-refractivity contribution in [1.29, 1.82) is 0 Å². The molecule has 2 aliphatic rings. The summed E-state index contributed by atoms with van der Waals surface area (Å²) in [6.07, 6.45) is 6.90. The molecule has 0 spiro atoms. The first-order valence-corrected chi connectivity index (χ1v) is 7.24. The number of rotatable bonds is 3. The highest BCUT2D eigenvalue weighted by molar-refractivity contribution is 5.83. The molecule has 1 aliphatic carbocycles. The Morgan fingerprint density at radius 2 is 2.00 bits per heavy atom. The molecular weight excluding hydrogens is 210 g/mol. The molecule has 0 amide bonds. The van der Waals surface area contributed by atoms with Gasteiger partial charge in [0, 0.05) is 18.4 Å². The van der Waals surface area contributed by atoms with Crippen molar-refractivity contribution in [2.75, 3.05) is 13.1 Å². The Morgan fingerprint density at radius 1 is 1.24 bits per heavy atom. The Kier molecular flexibility index (Phi) is 3.92. The van der Waals surface area contributed by atoms with E-state index in [1.165, 1.54) is 32.4 Å². The summed E-state index contributed by atoms with van der Waals surface area (Å²) in [5.74, 6) is 0.912. The Balaban J connectivity index is 1.91. The van der Waals surface area contributed by atoms with Crippen LogP contribution in [0.1, 0.15) is 59.3 Å². The normalized spacial score (nSPS) is 31.4. The molecule has 0 radical (unpaired) electrons. The summed E-state index contributed by atoms with van der Waals surface area (Å²) in [6.45, 7) is 9.30. The van der Waals surface area contributed by atoms with Gasteiger partial charge in [-0.05, 0) is 50.6 Å². The number of nitrogens with zero attached hydrogens (tertiary/aromatic N) is 1. The van der Waals surface area contributed by atoms with Crippen LogP contribution in [-0.2, 0) is 4.79 Å². The smallest absolute Gasteiger partial charge is 0.137 e. The van der Waals surface area contributed by atoms with E-state index in [1.807, 2.05) is 0 Å². The van der Waals surface area contributed by atoms with Crippen molar-refractivity contribution in [3.63, 3.8) is 0 Å². The van der Waals surface area contributed by atoms with Crippen LogP contribution in [0.15, 0.2) is 0 Å². The highest BCUT2D eigenvalue weighted by Gasteiger charge is 2.37. The first-order chi connectivity index (χ1) is 7.97. The van der Waals surface area contributed by atoms with Crippen molar-refractivity contribution in [2.45, 2.75) is 65.3 Å². The number of hydrogen-bond acceptors (Lipinski definition) is 2. The molecule has 2 unspecified atom stereocenters. The standard InChI is InChI=1S/C15H27NO/c1-15(2,3)9-11-16-10-5-7-13(16)12-6-4-8-14(12)17/h12-13H,4-11H2,1-3H3. The molecule has 2 fully saturated rings. The van der Waals surface area contributed by atoms with Gasteiger partial charge in [-0.15, -0.1) is 0 Å². The average molecular weight is 237 g/mol. The molecule has 2 rings (SSSR count). The molecule has 0 aromatic heterocycles. The first kappa shape index (κ1) is 13.1. The van der Waals surface area contributed by atoms with E-state index < -0.39 is 0 Å². The molecule has 98 valence electrons. The first-order valence-electron chi connectivity index (χ1n) is 7.24. The Bertz CT molecular complexity index is 279. The van der Waals surface area contributed by atoms with Crippen LogP contribution in [0, 0.1) is 11.3 Å². The number of ketones is 1.